The highest BCUT2D eigenvalue weighted by Crippen LogP contribution is 2.22. The van der Waals surface area contributed by atoms with Gasteiger partial charge in [-0.1, -0.05) is 71.1 Å². The van der Waals surface area contributed by atoms with Crippen molar-refractivity contribution in [1.29, 1.82) is 0 Å². The first-order valence-electron chi connectivity index (χ1n) is 13.9. The molecule has 7 nitrogen and oxygen atoms in total. The fraction of sp³-hybridized carbons (Fsp3) is 1.00. The molecule has 0 aliphatic rings. The fourth-order valence-corrected chi connectivity index (χ4v) is 3.54. The highest BCUT2D eigenvalue weighted by molar-refractivity contribution is 4.52. The molecule has 0 aliphatic heterocycles. The molecule has 200 valence electrons. The zero-order valence-electron chi connectivity index (χ0n) is 21.8. The molecule has 6 N–H and O–H groups in total. The van der Waals surface area contributed by atoms with Crippen molar-refractivity contribution in [2.45, 2.75) is 122 Å². The zero-order valence-corrected chi connectivity index (χ0v) is 21.8. The van der Waals surface area contributed by atoms with Gasteiger partial charge >= 0.3 is 6.16 Å². The van der Waals surface area contributed by atoms with Gasteiger partial charge in [-0.15, -0.1) is 0 Å². The SMILES string of the molecule is CCCCCCCOC(OCCCCCCN)(OCCCCCCN)OCCCCCCN. The van der Waals surface area contributed by atoms with Gasteiger partial charge in [0.05, 0.1) is 26.4 Å². The number of unbranched alkanes of at least 4 members (excludes halogenated alkanes) is 13. The Morgan fingerprint density at radius 2 is 0.667 bits per heavy atom. The van der Waals surface area contributed by atoms with E-state index in [1.807, 2.05) is 0 Å². The van der Waals surface area contributed by atoms with Gasteiger partial charge in [0, 0.05) is 0 Å². The molecule has 0 rings (SSSR count). The van der Waals surface area contributed by atoms with Gasteiger partial charge in [-0.3, -0.25) is 0 Å². The van der Waals surface area contributed by atoms with Crippen LogP contribution < -0.4 is 17.2 Å². The molecule has 0 atom stereocenters. The average molecular weight is 476 g/mol. The lowest BCUT2D eigenvalue weighted by molar-refractivity contribution is -0.499. The van der Waals surface area contributed by atoms with Gasteiger partial charge in [0.15, 0.2) is 0 Å². The summed E-state index contributed by atoms with van der Waals surface area (Å²) in [6, 6.07) is 0. The summed E-state index contributed by atoms with van der Waals surface area (Å²) in [5.41, 5.74) is 16.8. The minimum Gasteiger partial charge on any atom is -0.330 e. The first-order valence-corrected chi connectivity index (χ1v) is 13.9. The Morgan fingerprint density at radius 1 is 0.394 bits per heavy atom. The first kappa shape index (κ1) is 32.7. The lowest BCUT2D eigenvalue weighted by atomic mass is 10.2. The second-order valence-electron chi connectivity index (χ2n) is 8.92. The molecule has 0 unspecified atom stereocenters. The highest BCUT2D eigenvalue weighted by atomic mass is 17.0. The molecular formula is C26H57N3O4. The van der Waals surface area contributed by atoms with Crippen LogP contribution in [0.2, 0.25) is 0 Å². The molecule has 0 aromatic heterocycles. The molecule has 0 amide bonds. The summed E-state index contributed by atoms with van der Waals surface area (Å²) in [4.78, 5) is 0. The summed E-state index contributed by atoms with van der Waals surface area (Å²) < 4.78 is 24.6. The van der Waals surface area contributed by atoms with E-state index in [1.165, 1.54) is 19.3 Å². The van der Waals surface area contributed by atoms with Gasteiger partial charge in [0.1, 0.15) is 0 Å². The van der Waals surface area contributed by atoms with Crippen molar-refractivity contribution in [3.8, 4) is 0 Å². The van der Waals surface area contributed by atoms with Crippen LogP contribution in [-0.4, -0.2) is 52.2 Å². The monoisotopic (exact) mass is 475 g/mol. The topological polar surface area (TPSA) is 115 Å². The molecule has 0 bridgehead atoms. The standard InChI is InChI=1S/C26H57N3O4/c1-2-3-4-8-15-22-30-26(31-23-16-9-5-12-19-27,32-24-17-10-6-13-20-28)33-25-18-11-7-14-21-29/h2-25,27-29H2,1H3. The molecule has 0 saturated heterocycles. The molecule has 0 aromatic carbocycles. The van der Waals surface area contributed by atoms with Crippen molar-refractivity contribution in [2.24, 2.45) is 17.2 Å². The molecule has 33 heavy (non-hydrogen) atoms. The van der Waals surface area contributed by atoms with Gasteiger partial charge in [-0.2, -0.15) is 0 Å². The summed E-state index contributed by atoms with van der Waals surface area (Å²) in [5.74, 6) is 0. The third-order valence-electron chi connectivity index (χ3n) is 5.66. The molecule has 0 saturated carbocycles. The van der Waals surface area contributed by atoms with E-state index in [2.05, 4.69) is 6.92 Å². The molecule has 0 radical (unpaired) electrons. The molecule has 0 aliphatic carbocycles. The number of hydrogen-bond acceptors (Lipinski definition) is 7. The van der Waals surface area contributed by atoms with Crippen molar-refractivity contribution in [3.63, 3.8) is 0 Å². The molecule has 0 spiro atoms. The van der Waals surface area contributed by atoms with E-state index in [4.69, 9.17) is 36.1 Å². The number of nitrogens with two attached hydrogens (primary N) is 3. The Labute approximate surface area is 204 Å². The van der Waals surface area contributed by atoms with Crippen molar-refractivity contribution in [1.82, 2.24) is 0 Å². The van der Waals surface area contributed by atoms with Crippen LogP contribution in [0.15, 0.2) is 0 Å². The van der Waals surface area contributed by atoms with E-state index in [1.54, 1.807) is 0 Å². The lowest BCUT2D eigenvalue weighted by Crippen LogP contribution is -2.43. The maximum Gasteiger partial charge on any atom is 0.412 e. The van der Waals surface area contributed by atoms with Crippen LogP contribution in [0.5, 0.6) is 0 Å². The van der Waals surface area contributed by atoms with Crippen LogP contribution in [0.25, 0.3) is 0 Å². The second kappa shape index (κ2) is 26.3. The zero-order chi connectivity index (χ0) is 24.3. The van der Waals surface area contributed by atoms with Gasteiger partial charge in [-0.05, 0) is 64.6 Å². The summed E-state index contributed by atoms with van der Waals surface area (Å²) in [6.45, 7) is 6.70. The van der Waals surface area contributed by atoms with E-state index in [0.717, 1.165) is 110 Å². The summed E-state index contributed by atoms with van der Waals surface area (Å²) >= 11 is 0. The van der Waals surface area contributed by atoms with Gasteiger partial charge < -0.3 is 36.1 Å². The number of ether oxygens (including phenoxy) is 4. The second-order valence-corrected chi connectivity index (χ2v) is 8.92. The van der Waals surface area contributed by atoms with Crippen LogP contribution in [0.4, 0.5) is 0 Å². The van der Waals surface area contributed by atoms with Crippen LogP contribution in [0.1, 0.15) is 116 Å². The smallest absolute Gasteiger partial charge is 0.330 e. The number of rotatable bonds is 28. The van der Waals surface area contributed by atoms with Crippen molar-refractivity contribution in [3.05, 3.63) is 0 Å². The quantitative estimate of drug-likeness (QED) is 0.105. The minimum atomic E-state index is -1.39. The predicted octanol–water partition coefficient (Wildman–Crippen LogP) is 5.19. The number of hydrogen-bond donors (Lipinski definition) is 3. The Kier molecular flexibility index (Phi) is 26.1. The van der Waals surface area contributed by atoms with E-state index in [0.29, 0.717) is 26.4 Å². The molecule has 0 aromatic rings. The minimum absolute atomic E-state index is 0.556. The Morgan fingerprint density at radius 3 is 0.939 bits per heavy atom. The van der Waals surface area contributed by atoms with Gasteiger partial charge in [0.2, 0.25) is 0 Å². The summed E-state index contributed by atoms with van der Waals surface area (Å²) in [7, 11) is 0. The third kappa shape index (κ3) is 22.0. The summed E-state index contributed by atoms with van der Waals surface area (Å²) in [5, 5.41) is 0. The molecular weight excluding hydrogens is 418 g/mol. The maximum absolute atomic E-state index is 6.17. The molecule has 0 fully saturated rings. The third-order valence-corrected chi connectivity index (χ3v) is 5.66. The van der Waals surface area contributed by atoms with E-state index in [-0.39, 0.29) is 0 Å². The van der Waals surface area contributed by atoms with Gasteiger partial charge in [0.25, 0.3) is 0 Å². The maximum atomic E-state index is 6.17. The first-order chi connectivity index (χ1) is 16.2. The van der Waals surface area contributed by atoms with E-state index >= 15 is 0 Å². The van der Waals surface area contributed by atoms with E-state index < -0.39 is 6.16 Å². The fourth-order valence-electron chi connectivity index (χ4n) is 3.54. The van der Waals surface area contributed by atoms with Gasteiger partial charge in [-0.25, -0.2) is 0 Å². The summed E-state index contributed by atoms with van der Waals surface area (Å²) in [6.07, 6.45) is 17.1. The predicted molar refractivity (Wildman–Crippen MR) is 138 cm³/mol. The molecule has 0 heterocycles. The van der Waals surface area contributed by atoms with Crippen molar-refractivity contribution < 1.29 is 18.9 Å². The van der Waals surface area contributed by atoms with Crippen LogP contribution >= 0.6 is 0 Å². The van der Waals surface area contributed by atoms with Crippen molar-refractivity contribution >= 4 is 0 Å². The van der Waals surface area contributed by atoms with Crippen LogP contribution in [0, 0.1) is 0 Å². The van der Waals surface area contributed by atoms with Crippen LogP contribution in [0.3, 0.4) is 0 Å². The van der Waals surface area contributed by atoms with Crippen LogP contribution in [-0.2, 0) is 18.9 Å². The Bertz CT molecular complexity index is 306. The Hall–Kier alpha value is -0.280. The largest absolute Gasteiger partial charge is 0.412 e. The normalized spacial score (nSPS) is 12.0. The van der Waals surface area contributed by atoms with E-state index in [9.17, 15) is 0 Å². The average Bonchev–Trinajstić information content (AvgIpc) is 2.83. The highest BCUT2D eigenvalue weighted by Gasteiger charge is 2.35. The molecule has 7 heteroatoms. The lowest BCUT2D eigenvalue weighted by Gasteiger charge is -2.32. The van der Waals surface area contributed by atoms with Crippen molar-refractivity contribution in [2.75, 3.05) is 46.1 Å². The Balaban J connectivity index is 4.74.